The highest BCUT2D eigenvalue weighted by Gasteiger charge is 2.56. The molecule has 13 atom stereocenters. The minimum Gasteiger partial charge on any atom is -0.457 e. The molecule has 0 spiro atoms. The standard InChI is InChI=1S/C35H57FN2O11/c1-12-24-35(9,44)30-20(5)26(37-25(40)13-2)18(3)15-33(7,46-17-22(39)16-45-30)29(21(6)28(42)34(8,36)32(43)48-24)49-31-27(41)23(38(10)11)14-19(4)47-31/h18-21,23-24,27,29-31,41,44H,12-17H2,1-11H3/b37-26+/t18-,19-,20+,21+,23+,24-,27-,29-,30-,31+,33-,34+,35-/m1/s1. The number of esters is 1. The van der Waals surface area contributed by atoms with Gasteiger partial charge in [-0.15, -0.1) is 0 Å². The van der Waals surface area contributed by atoms with Gasteiger partial charge in [-0.1, -0.05) is 34.6 Å². The maximum atomic E-state index is 16.6. The molecule has 14 heteroatoms. The van der Waals surface area contributed by atoms with Crippen LogP contribution in [0.15, 0.2) is 4.99 Å². The number of aliphatic imine (C=N–C) groups is 1. The van der Waals surface area contributed by atoms with E-state index in [0.717, 1.165) is 6.92 Å². The normalized spacial score (nSPS) is 44.2. The van der Waals surface area contributed by atoms with E-state index in [1.165, 1.54) is 13.8 Å². The topological polar surface area (TPSA) is 170 Å². The van der Waals surface area contributed by atoms with E-state index < -0.39 is 108 Å². The number of alkyl halides is 1. The number of likely N-dealkylation sites (N-methyl/N-ethyl adjacent to an activating group) is 1. The smallest absolute Gasteiger partial charge is 0.351 e. The lowest BCUT2D eigenvalue weighted by Gasteiger charge is -2.47. The molecule has 3 fully saturated rings. The first-order valence-corrected chi connectivity index (χ1v) is 17.3. The quantitative estimate of drug-likeness (QED) is 0.318. The van der Waals surface area contributed by atoms with Crippen molar-refractivity contribution in [3.8, 4) is 0 Å². The van der Waals surface area contributed by atoms with E-state index in [1.54, 1.807) is 48.7 Å². The van der Waals surface area contributed by atoms with Crippen molar-refractivity contribution in [3.63, 3.8) is 0 Å². The summed E-state index contributed by atoms with van der Waals surface area (Å²) in [6.07, 6.45) is -6.41. The fourth-order valence-electron chi connectivity index (χ4n) is 7.59. The largest absolute Gasteiger partial charge is 0.457 e. The Kier molecular flexibility index (Phi) is 13.5. The Balaban J connectivity index is 2.34. The van der Waals surface area contributed by atoms with Gasteiger partial charge in [-0.2, -0.15) is 0 Å². The van der Waals surface area contributed by atoms with E-state index in [1.807, 2.05) is 11.8 Å². The highest BCUT2D eigenvalue weighted by Crippen LogP contribution is 2.41. The fourth-order valence-corrected chi connectivity index (χ4v) is 7.59. The van der Waals surface area contributed by atoms with Crippen LogP contribution in [0.5, 0.6) is 0 Å². The van der Waals surface area contributed by atoms with Crippen LogP contribution in [0.25, 0.3) is 0 Å². The Bertz CT molecular complexity index is 1260. The lowest BCUT2D eigenvalue weighted by molar-refractivity contribution is -0.297. The average Bonchev–Trinajstić information content (AvgIpc) is 3.04. The Labute approximate surface area is 289 Å². The van der Waals surface area contributed by atoms with Crippen LogP contribution in [0.4, 0.5) is 4.39 Å². The van der Waals surface area contributed by atoms with Gasteiger partial charge in [-0.05, 0) is 67.0 Å². The molecule has 0 aromatic rings. The first-order chi connectivity index (χ1) is 22.6. The number of hydrogen-bond donors (Lipinski definition) is 2. The van der Waals surface area contributed by atoms with Crippen molar-refractivity contribution in [3.05, 3.63) is 0 Å². The number of hydrogen-bond acceptors (Lipinski definition) is 12. The maximum absolute atomic E-state index is 16.6. The minimum absolute atomic E-state index is 0.00986. The monoisotopic (exact) mass is 700 g/mol. The summed E-state index contributed by atoms with van der Waals surface area (Å²) < 4.78 is 47.1. The number of cyclic esters (lactones) is 1. The van der Waals surface area contributed by atoms with E-state index in [9.17, 15) is 29.4 Å². The van der Waals surface area contributed by atoms with E-state index in [-0.39, 0.29) is 25.4 Å². The molecule has 0 aliphatic carbocycles. The van der Waals surface area contributed by atoms with Crippen molar-refractivity contribution in [2.75, 3.05) is 27.3 Å². The Morgan fingerprint density at radius 1 is 1.06 bits per heavy atom. The zero-order valence-corrected chi connectivity index (χ0v) is 30.9. The number of carbonyl (C=O) groups excluding carboxylic acids is 4. The number of amides is 1. The molecule has 0 saturated carbocycles. The highest BCUT2D eigenvalue weighted by molar-refractivity contribution is 6.08. The van der Waals surface area contributed by atoms with Crippen LogP contribution in [-0.2, 0) is 42.9 Å². The van der Waals surface area contributed by atoms with Gasteiger partial charge in [0.25, 0.3) is 5.67 Å². The number of halogens is 1. The summed E-state index contributed by atoms with van der Waals surface area (Å²) in [5, 5.41) is 23.4. The Hall–Kier alpha value is -2.20. The second-order valence-electron chi connectivity index (χ2n) is 14.9. The molecule has 0 unspecified atom stereocenters. The first kappa shape index (κ1) is 41.2. The molecule has 1 amide bonds. The Morgan fingerprint density at radius 3 is 2.27 bits per heavy atom. The molecule has 13 nitrogen and oxygen atoms in total. The molecule has 2 N–H and O–H groups in total. The maximum Gasteiger partial charge on any atom is 0.351 e. The molecule has 2 bridgehead atoms. The molecule has 49 heavy (non-hydrogen) atoms. The summed E-state index contributed by atoms with van der Waals surface area (Å²) in [7, 11) is 3.60. The van der Waals surface area contributed by atoms with E-state index in [4.69, 9.17) is 23.7 Å². The van der Waals surface area contributed by atoms with Gasteiger partial charge in [0.2, 0.25) is 5.91 Å². The van der Waals surface area contributed by atoms with Gasteiger partial charge in [0.05, 0.1) is 23.9 Å². The van der Waals surface area contributed by atoms with Crippen LogP contribution in [0.1, 0.15) is 88.0 Å². The van der Waals surface area contributed by atoms with Gasteiger partial charge in [0.1, 0.15) is 31.0 Å². The third-order valence-corrected chi connectivity index (χ3v) is 10.4. The summed E-state index contributed by atoms with van der Waals surface area (Å²) in [4.78, 5) is 60.1. The van der Waals surface area contributed by atoms with Crippen molar-refractivity contribution in [2.45, 2.75) is 148 Å². The van der Waals surface area contributed by atoms with Crippen LogP contribution in [0, 0.1) is 17.8 Å². The van der Waals surface area contributed by atoms with Gasteiger partial charge in [0.15, 0.2) is 17.9 Å². The molecule has 3 aliphatic rings. The molecule has 0 aromatic heterocycles. The molecule has 3 heterocycles. The highest BCUT2D eigenvalue weighted by atomic mass is 19.1. The van der Waals surface area contributed by atoms with Crippen molar-refractivity contribution < 1.29 is 57.5 Å². The number of carbonyl (C=O) groups is 4. The van der Waals surface area contributed by atoms with Crippen molar-refractivity contribution in [1.29, 1.82) is 0 Å². The van der Waals surface area contributed by atoms with E-state index in [2.05, 4.69) is 4.99 Å². The summed E-state index contributed by atoms with van der Waals surface area (Å²) in [6.45, 7) is 12.6. The summed E-state index contributed by atoms with van der Waals surface area (Å²) >= 11 is 0. The van der Waals surface area contributed by atoms with Gasteiger partial charge in [0, 0.05) is 30.0 Å². The first-order valence-electron chi connectivity index (χ1n) is 17.3. The second-order valence-corrected chi connectivity index (χ2v) is 14.9. The number of fused-ring (bicyclic) bond motifs is 5. The molecule has 0 aromatic carbocycles. The number of rotatable bonds is 5. The predicted molar refractivity (Wildman–Crippen MR) is 177 cm³/mol. The number of aliphatic hydroxyl groups excluding tert-OH is 1. The Morgan fingerprint density at radius 2 is 1.69 bits per heavy atom. The van der Waals surface area contributed by atoms with Crippen molar-refractivity contribution >= 4 is 29.2 Å². The van der Waals surface area contributed by atoms with E-state index >= 15 is 4.39 Å². The molecule has 280 valence electrons. The minimum atomic E-state index is -3.20. The fraction of sp³-hybridized carbons (Fsp3) is 0.857. The summed E-state index contributed by atoms with van der Waals surface area (Å²) in [5.41, 5.74) is -6.52. The number of aliphatic hydroxyl groups is 2. The van der Waals surface area contributed by atoms with Crippen LogP contribution >= 0.6 is 0 Å². The lowest BCUT2D eigenvalue weighted by Crippen LogP contribution is -2.61. The van der Waals surface area contributed by atoms with Crippen LogP contribution in [0.3, 0.4) is 0 Å². The lowest BCUT2D eigenvalue weighted by atomic mass is 9.73. The molecule has 3 aliphatic heterocycles. The van der Waals surface area contributed by atoms with Gasteiger partial charge >= 0.3 is 5.97 Å². The SMILES string of the molecule is CCC(=O)/N=C1\[C@H](C)C[C@@]2(C)OCC(=O)CO[C@H]([C@H]1C)[C@](C)(O)[C@@H](CC)OC(=O)[C@@](C)(F)C(=O)[C@H](C)[C@H]2O[C@@H]1O[C@H](C)C[C@H](N(C)C)[C@H]1O. The van der Waals surface area contributed by atoms with Crippen molar-refractivity contribution in [1.82, 2.24) is 4.90 Å². The number of ether oxygens (including phenoxy) is 5. The van der Waals surface area contributed by atoms with Crippen LogP contribution in [0.2, 0.25) is 0 Å². The summed E-state index contributed by atoms with van der Waals surface area (Å²) in [5.74, 6) is -6.55. The molecule has 3 rings (SSSR count). The third-order valence-electron chi connectivity index (χ3n) is 10.4. The van der Waals surface area contributed by atoms with Gasteiger partial charge < -0.3 is 38.8 Å². The van der Waals surface area contributed by atoms with Gasteiger partial charge in [-0.25, -0.2) is 14.2 Å². The number of ketones is 2. The van der Waals surface area contributed by atoms with Crippen LogP contribution in [-0.4, -0.2) is 131 Å². The third kappa shape index (κ3) is 8.82. The molecular formula is C35H57FN2O11. The number of Topliss-reactive ketones (excluding diaryl/α,β-unsaturated/α-hetero) is 2. The van der Waals surface area contributed by atoms with Gasteiger partial charge in [-0.3, -0.25) is 14.4 Å². The van der Waals surface area contributed by atoms with Crippen molar-refractivity contribution in [2.24, 2.45) is 22.7 Å². The molecule has 3 saturated heterocycles. The average molecular weight is 701 g/mol. The summed E-state index contributed by atoms with van der Waals surface area (Å²) in [6, 6.07) is -0.394. The van der Waals surface area contributed by atoms with Crippen LogP contribution < -0.4 is 0 Å². The molecular weight excluding hydrogens is 643 g/mol. The predicted octanol–water partition coefficient (Wildman–Crippen LogP) is 2.60. The number of nitrogens with zero attached hydrogens (tertiary/aromatic N) is 2. The molecule has 0 radical (unpaired) electrons. The second kappa shape index (κ2) is 16.0. The zero-order valence-electron chi connectivity index (χ0n) is 30.9. The van der Waals surface area contributed by atoms with E-state index in [0.29, 0.717) is 12.1 Å². The zero-order chi connectivity index (χ0) is 37.2.